The van der Waals surface area contributed by atoms with Crippen molar-refractivity contribution in [2.24, 2.45) is 0 Å². The van der Waals surface area contributed by atoms with Crippen molar-refractivity contribution < 1.29 is 28.9 Å². The lowest BCUT2D eigenvalue weighted by atomic mass is 9.88. The highest BCUT2D eigenvalue weighted by Gasteiger charge is 2.73. The van der Waals surface area contributed by atoms with E-state index in [4.69, 9.17) is 14.2 Å². The first-order chi connectivity index (χ1) is 11.9. The molecule has 4 rings (SSSR count). The second-order valence-electron chi connectivity index (χ2n) is 7.31. The summed E-state index contributed by atoms with van der Waals surface area (Å²) >= 11 is 0. The number of epoxide rings is 1. The number of rotatable bonds is 1. The predicted molar refractivity (Wildman–Crippen MR) is 86.6 cm³/mol. The van der Waals surface area contributed by atoms with Gasteiger partial charge >= 0.3 is 11.9 Å². The zero-order valence-electron chi connectivity index (χ0n) is 14.5. The first-order valence-electron chi connectivity index (χ1n) is 8.71. The van der Waals surface area contributed by atoms with E-state index >= 15 is 0 Å². The van der Waals surface area contributed by atoms with Crippen molar-refractivity contribution in [3.8, 4) is 0 Å². The summed E-state index contributed by atoms with van der Waals surface area (Å²) in [6, 6.07) is -0.0233. The van der Waals surface area contributed by atoms with Gasteiger partial charge in [-0.3, -0.25) is 4.90 Å². The number of allylic oxidation sites excluding steroid dienone is 1. The van der Waals surface area contributed by atoms with Crippen LogP contribution >= 0.6 is 0 Å². The molecule has 0 bridgehead atoms. The molecular formula is C18H23NO6. The van der Waals surface area contributed by atoms with Crippen molar-refractivity contribution in [3.05, 3.63) is 23.3 Å². The van der Waals surface area contributed by atoms with Crippen molar-refractivity contribution >= 4 is 11.9 Å². The van der Waals surface area contributed by atoms with Crippen molar-refractivity contribution in [2.45, 2.75) is 50.0 Å². The molecule has 3 saturated heterocycles. The number of ether oxygens (including phenoxy) is 3. The Morgan fingerprint density at radius 3 is 2.96 bits per heavy atom. The monoisotopic (exact) mass is 349 g/mol. The Morgan fingerprint density at radius 2 is 2.24 bits per heavy atom. The van der Waals surface area contributed by atoms with Crippen LogP contribution < -0.4 is 0 Å². The second kappa shape index (κ2) is 5.65. The lowest BCUT2D eigenvalue weighted by molar-refractivity contribution is -0.150. The number of hydrogen-bond donors (Lipinski definition) is 1. The van der Waals surface area contributed by atoms with Gasteiger partial charge < -0.3 is 19.3 Å². The third-order valence-corrected chi connectivity index (χ3v) is 6.00. The summed E-state index contributed by atoms with van der Waals surface area (Å²) in [5.74, 6) is -0.903. The van der Waals surface area contributed by atoms with Gasteiger partial charge in [0, 0.05) is 25.1 Å². The van der Waals surface area contributed by atoms with Crippen LogP contribution in [0.5, 0.6) is 0 Å². The molecule has 25 heavy (non-hydrogen) atoms. The SMILES string of the molecule is C/C=C1\CC2(CO)OC2(C)C(=O)OCC2=CCN3CCC(OC1=O)C23. The van der Waals surface area contributed by atoms with E-state index in [0.717, 1.165) is 25.1 Å². The Labute approximate surface area is 146 Å². The molecule has 1 N–H and O–H groups in total. The van der Waals surface area contributed by atoms with E-state index in [2.05, 4.69) is 4.90 Å². The van der Waals surface area contributed by atoms with Gasteiger partial charge in [0.15, 0.2) is 5.60 Å². The quantitative estimate of drug-likeness (QED) is 0.316. The predicted octanol–water partition coefficient (Wildman–Crippen LogP) is 0.326. The molecule has 0 aromatic rings. The number of cyclic esters (lactones) is 1. The fraction of sp³-hybridized carbons (Fsp3) is 0.667. The molecule has 0 radical (unpaired) electrons. The molecule has 4 aliphatic rings. The highest BCUT2D eigenvalue weighted by Crippen LogP contribution is 2.52. The minimum absolute atomic E-state index is 0.0233. The maximum Gasteiger partial charge on any atom is 0.341 e. The van der Waals surface area contributed by atoms with Crippen LogP contribution in [0.1, 0.15) is 26.7 Å². The number of aliphatic hydroxyl groups is 1. The molecule has 0 saturated carbocycles. The van der Waals surface area contributed by atoms with Gasteiger partial charge in [0.25, 0.3) is 0 Å². The van der Waals surface area contributed by atoms with Crippen molar-refractivity contribution in [2.75, 3.05) is 26.3 Å². The lowest BCUT2D eigenvalue weighted by Gasteiger charge is -2.26. The number of carbonyl (C=O) groups is 2. The standard InChI is InChI=1S/C18H23NO6/c1-3-11-8-18(10-20)17(2,25-18)16(22)23-9-12-4-6-19-7-5-13(14(12)19)24-15(11)21/h3-4,13-14,20H,5-10H2,1-2H3/b11-3+. The molecule has 0 aliphatic carbocycles. The van der Waals surface area contributed by atoms with E-state index < -0.39 is 23.1 Å². The van der Waals surface area contributed by atoms with Crippen LogP contribution in [-0.2, 0) is 23.8 Å². The molecule has 7 nitrogen and oxygen atoms in total. The highest BCUT2D eigenvalue weighted by atomic mass is 16.7. The van der Waals surface area contributed by atoms with E-state index in [9.17, 15) is 14.7 Å². The summed E-state index contributed by atoms with van der Waals surface area (Å²) in [6.07, 6.45) is 4.34. The Balaban J connectivity index is 1.67. The van der Waals surface area contributed by atoms with Gasteiger partial charge in [-0.05, 0) is 25.8 Å². The van der Waals surface area contributed by atoms with E-state index in [1.54, 1.807) is 19.9 Å². The molecule has 4 heterocycles. The smallest absolute Gasteiger partial charge is 0.341 e. The van der Waals surface area contributed by atoms with Gasteiger partial charge in [0.2, 0.25) is 0 Å². The molecule has 0 aromatic carbocycles. The fourth-order valence-corrected chi connectivity index (χ4v) is 4.26. The largest absolute Gasteiger partial charge is 0.459 e. The Hall–Kier alpha value is -1.70. The Kier molecular flexibility index (Phi) is 3.79. The van der Waals surface area contributed by atoms with Crippen molar-refractivity contribution in [1.82, 2.24) is 4.90 Å². The zero-order valence-corrected chi connectivity index (χ0v) is 14.5. The highest BCUT2D eigenvalue weighted by molar-refractivity contribution is 5.90. The maximum atomic E-state index is 12.7. The number of aliphatic hydroxyl groups excluding tert-OH is 1. The minimum Gasteiger partial charge on any atom is -0.459 e. The van der Waals surface area contributed by atoms with Crippen LogP contribution in [0.25, 0.3) is 0 Å². The maximum absolute atomic E-state index is 12.7. The number of fused-ring (bicyclic) bond motifs is 1. The molecule has 3 fully saturated rings. The van der Waals surface area contributed by atoms with Crippen molar-refractivity contribution in [3.63, 3.8) is 0 Å². The summed E-state index contributed by atoms with van der Waals surface area (Å²) in [5, 5.41) is 9.80. The van der Waals surface area contributed by atoms with E-state index in [1.807, 2.05) is 6.08 Å². The van der Waals surface area contributed by atoms with Gasteiger partial charge in [-0.2, -0.15) is 0 Å². The molecule has 0 spiro atoms. The van der Waals surface area contributed by atoms with E-state index in [-0.39, 0.29) is 31.8 Å². The molecule has 0 aromatic heterocycles. The first kappa shape index (κ1) is 16.8. The molecule has 7 heteroatoms. The third kappa shape index (κ3) is 2.37. The Morgan fingerprint density at radius 1 is 1.44 bits per heavy atom. The van der Waals surface area contributed by atoms with Crippen LogP contribution in [-0.4, -0.2) is 71.6 Å². The lowest BCUT2D eigenvalue weighted by Crippen LogP contribution is -2.40. The fourth-order valence-electron chi connectivity index (χ4n) is 4.26. The molecule has 0 amide bonds. The number of nitrogens with zero attached hydrogens (tertiary/aromatic N) is 1. The summed E-state index contributed by atoms with van der Waals surface area (Å²) in [6.45, 7) is 4.76. The van der Waals surface area contributed by atoms with Gasteiger partial charge in [-0.1, -0.05) is 12.2 Å². The first-order valence-corrected chi connectivity index (χ1v) is 8.71. The average Bonchev–Trinajstić information content (AvgIpc) is 2.90. The second-order valence-corrected chi connectivity index (χ2v) is 7.31. The molecule has 4 aliphatic heterocycles. The molecular weight excluding hydrogens is 326 g/mol. The van der Waals surface area contributed by atoms with Gasteiger partial charge in [-0.25, -0.2) is 9.59 Å². The molecule has 4 unspecified atom stereocenters. The zero-order chi connectivity index (χ0) is 17.8. The van der Waals surface area contributed by atoms with E-state index in [0.29, 0.717) is 5.57 Å². The van der Waals surface area contributed by atoms with Crippen LogP contribution in [0, 0.1) is 0 Å². The minimum atomic E-state index is -1.25. The summed E-state index contributed by atoms with van der Waals surface area (Å²) in [5.41, 5.74) is -1.00. The van der Waals surface area contributed by atoms with Gasteiger partial charge in [0.05, 0.1) is 12.6 Å². The van der Waals surface area contributed by atoms with E-state index in [1.165, 1.54) is 0 Å². The number of esters is 2. The topological polar surface area (TPSA) is 88.6 Å². The van der Waals surface area contributed by atoms with Crippen LogP contribution in [0.2, 0.25) is 0 Å². The molecule has 4 atom stereocenters. The third-order valence-electron chi connectivity index (χ3n) is 6.00. The van der Waals surface area contributed by atoms with Gasteiger partial charge in [-0.15, -0.1) is 0 Å². The van der Waals surface area contributed by atoms with Crippen LogP contribution in [0.15, 0.2) is 23.3 Å². The normalized spacial score (nSPS) is 42.7. The summed E-state index contributed by atoms with van der Waals surface area (Å²) in [4.78, 5) is 27.5. The van der Waals surface area contributed by atoms with Crippen LogP contribution in [0.4, 0.5) is 0 Å². The number of hydrogen-bond acceptors (Lipinski definition) is 7. The number of carbonyl (C=O) groups excluding carboxylic acids is 2. The average molecular weight is 349 g/mol. The summed E-state index contributed by atoms with van der Waals surface area (Å²) < 4.78 is 16.9. The van der Waals surface area contributed by atoms with Crippen molar-refractivity contribution in [1.29, 1.82) is 0 Å². The van der Waals surface area contributed by atoms with Gasteiger partial charge in [0.1, 0.15) is 18.3 Å². The van der Waals surface area contributed by atoms with Crippen LogP contribution in [0.3, 0.4) is 0 Å². The Bertz CT molecular complexity index is 685. The molecule has 136 valence electrons. The summed E-state index contributed by atoms with van der Waals surface area (Å²) in [7, 11) is 0.